The van der Waals surface area contributed by atoms with E-state index in [1.54, 1.807) is 45.0 Å². The first-order valence-electron chi connectivity index (χ1n) is 13.2. The number of morpholine rings is 1. The predicted octanol–water partition coefficient (Wildman–Crippen LogP) is 3.62. The van der Waals surface area contributed by atoms with Crippen LogP contribution in [0, 0.1) is 20.8 Å². The Balaban J connectivity index is 1.39. The summed E-state index contributed by atoms with van der Waals surface area (Å²) in [5.41, 5.74) is 2.53. The van der Waals surface area contributed by atoms with Gasteiger partial charge in [0.2, 0.25) is 10.0 Å². The van der Waals surface area contributed by atoms with Crippen LogP contribution in [0.4, 0.5) is 11.4 Å². The number of aryl methyl sites for hydroxylation is 3. The summed E-state index contributed by atoms with van der Waals surface area (Å²) < 4.78 is 66.4. The van der Waals surface area contributed by atoms with Gasteiger partial charge in [-0.3, -0.25) is 9.52 Å². The summed E-state index contributed by atoms with van der Waals surface area (Å²) in [5.74, 6) is -1.44. The fourth-order valence-electron chi connectivity index (χ4n) is 4.29. The number of sulfonamides is 2. The van der Waals surface area contributed by atoms with Crippen LogP contribution in [-0.4, -0.2) is 65.4 Å². The minimum absolute atomic E-state index is 0.0696. The van der Waals surface area contributed by atoms with Crippen LogP contribution >= 0.6 is 0 Å². The standard InChI is InChI=1S/C29H33N3O8S2/c1-19-5-6-20(2)26(17-19)41(35,36)31-24-11-8-23(9-12-24)29(34)40-22(4)28(33)30-25-10-7-21(3)27(18-25)42(37,38)32-13-15-39-16-14-32/h5-12,17-18,22,31H,13-16H2,1-4H3,(H,30,33)/t22-/m0/s1. The highest BCUT2D eigenvalue weighted by molar-refractivity contribution is 7.92. The first kappa shape index (κ1) is 31.2. The monoisotopic (exact) mass is 615 g/mol. The molecule has 1 heterocycles. The highest BCUT2D eigenvalue weighted by atomic mass is 32.2. The second-order valence-electron chi connectivity index (χ2n) is 9.99. The molecular formula is C29H33N3O8S2. The molecule has 13 heteroatoms. The normalized spacial score (nSPS) is 15.0. The van der Waals surface area contributed by atoms with E-state index in [0.717, 1.165) is 5.56 Å². The minimum Gasteiger partial charge on any atom is -0.449 e. The van der Waals surface area contributed by atoms with Gasteiger partial charge in [0, 0.05) is 24.5 Å². The van der Waals surface area contributed by atoms with Gasteiger partial charge in [0.25, 0.3) is 15.9 Å². The van der Waals surface area contributed by atoms with Gasteiger partial charge in [0.05, 0.1) is 28.6 Å². The summed E-state index contributed by atoms with van der Waals surface area (Å²) in [6.45, 7) is 7.66. The van der Waals surface area contributed by atoms with Gasteiger partial charge in [0.15, 0.2) is 6.10 Å². The zero-order valence-corrected chi connectivity index (χ0v) is 25.3. The van der Waals surface area contributed by atoms with Gasteiger partial charge in [0.1, 0.15) is 0 Å². The first-order valence-corrected chi connectivity index (χ1v) is 16.1. The molecule has 1 aliphatic rings. The van der Waals surface area contributed by atoms with Gasteiger partial charge in [-0.2, -0.15) is 4.31 Å². The van der Waals surface area contributed by atoms with Crippen molar-refractivity contribution in [1.82, 2.24) is 4.31 Å². The van der Waals surface area contributed by atoms with Crippen molar-refractivity contribution in [1.29, 1.82) is 0 Å². The quantitative estimate of drug-likeness (QED) is 0.347. The van der Waals surface area contributed by atoms with E-state index in [4.69, 9.17) is 9.47 Å². The van der Waals surface area contributed by atoms with Crippen LogP contribution in [0.15, 0.2) is 70.5 Å². The second-order valence-corrected chi connectivity index (χ2v) is 13.5. The third-order valence-corrected chi connectivity index (χ3v) is 10.3. The van der Waals surface area contributed by atoms with Crippen molar-refractivity contribution in [2.75, 3.05) is 36.3 Å². The minimum atomic E-state index is -3.85. The van der Waals surface area contributed by atoms with Crippen LogP contribution in [0.1, 0.15) is 34.0 Å². The largest absolute Gasteiger partial charge is 0.449 e. The average molecular weight is 616 g/mol. The Labute approximate surface area is 245 Å². The van der Waals surface area contributed by atoms with Gasteiger partial charge in [-0.15, -0.1) is 0 Å². The molecule has 0 aliphatic carbocycles. The molecule has 1 fully saturated rings. The second kappa shape index (κ2) is 12.6. The Morgan fingerprint density at radius 2 is 1.43 bits per heavy atom. The summed E-state index contributed by atoms with van der Waals surface area (Å²) in [4.78, 5) is 25.7. The number of carbonyl (C=O) groups is 2. The molecule has 0 unspecified atom stereocenters. The Bertz CT molecular complexity index is 1700. The summed E-state index contributed by atoms with van der Waals surface area (Å²) in [5, 5.41) is 2.60. The molecule has 1 atom stereocenters. The molecule has 0 aromatic heterocycles. The van der Waals surface area contributed by atoms with Crippen molar-refractivity contribution in [2.24, 2.45) is 0 Å². The maximum Gasteiger partial charge on any atom is 0.338 e. The smallest absolute Gasteiger partial charge is 0.338 e. The number of hydrogen-bond acceptors (Lipinski definition) is 8. The molecule has 3 aromatic carbocycles. The SMILES string of the molecule is Cc1ccc(C)c(S(=O)(=O)Nc2ccc(C(=O)O[C@@H](C)C(=O)Nc3ccc(C)c(S(=O)(=O)N4CCOCC4)c3)cc2)c1. The third kappa shape index (κ3) is 7.16. The topological polar surface area (TPSA) is 148 Å². The van der Waals surface area contributed by atoms with Gasteiger partial charge in [-0.1, -0.05) is 18.2 Å². The molecule has 1 amide bonds. The number of carbonyl (C=O) groups excluding carboxylic acids is 2. The molecule has 11 nitrogen and oxygen atoms in total. The summed E-state index contributed by atoms with van der Waals surface area (Å²) in [6.07, 6.45) is -1.21. The number of benzene rings is 3. The number of amides is 1. The van der Waals surface area contributed by atoms with Crippen molar-refractivity contribution in [3.8, 4) is 0 Å². The lowest BCUT2D eigenvalue weighted by Crippen LogP contribution is -2.40. The highest BCUT2D eigenvalue weighted by Gasteiger charge is 2.28. The number of rotatable bonds is 9. The van der Waals surface area contributed by atoms with Crippen molar-refractivity contribution in [2.45, 2.75) is 43.6 Å². The average Bonchev–Trinajstić information content (AvgIpc) is 2.95. The fraction of sp³-hybridized carbons (Fsp3) is 0.310. The van der Waals surface area contributed by atoms with Crippen LogP contribution in [0.3, 0.4) is 0 Å². The Morgan fingerprint density at radius 3 is 2.10 bits per heavy atom. The summed E-state index contributed by atoms with van der Waals surface area (Å²) in [7, 11) is -7.63. The molecule has 1 saturated heterocycles. The lowest BCUT2D eigenvalue weighted by atomic mass is 10.2. The maximum atomic E-state index is 13.1. The Morgan fingerprint density at radius 1 is 0.833 bits per heavy atom. The van der Waals surface area contributed by atoms with E-state index in [0.29, 0.717) is 24.3 Å². The van der Waals surface area contributed by atoms with Crippen LogP contribution in [0.2, 0.25) is 0 Å². The molecule has 0 spiro atoms. The molecule has 1 aliphatic heterocycles. The molecule has 224 valence electrons. The van der Waals surface area contributed by atoms with E-state index in [-0.39, 0.29) is 39.8 Å². The van der Waals surface area contributed by atoms with Crippen LogP contribution in [0.25, 0.3) is 0 Å². The van der Waals surface area contributed by atoms with E-state index < -0.39 is 38.0 Å². The zero-order valence-electron chi connectivity index (χ0n) is 23.7. The predicted molar refractivity (Wildman–Crippen MR) is 157 cm³/mol. The summed E-state index contributed by atoms with van der Waals surface area (Å²) in [6, 6.07) is 15.3. The number of anilines is 2. The van der Waals surface area contributed by atoms with Gasteiger partial charge in [-0.05, 0) is 86.8 Å². The van der Waals surface area contributed by atoms with E-state index in [1.807, 2.05) is 6.07 Å². The lowest BCUT2D eigenvalue weighted by molar-refractivity contribution is -0.123. The molecule has 2 N–H and O–H groups in total. The molecule has 3 aromatic rings. The molecular weight excluding hydrogens is 582 g/mol. The maximum absolute atomic E-state index is 13.1. The lowest BCUT2D eigenvalue weighted by Gasteiger charge is -2.27. The van der Waals surface area contributed by atoms with Crippen molar-refractivity contribution in [3.05, 3.63) is 82.9 Å². The van der Waals surface area contributed by atoms with Crippen LogP contribution < -0.4 is 10.0 Å². The fourth-order valence-corrected chi connectivity index (χ4v) is 7.34. The van der Waals surface area contributed by atoms with Crippen LogP contribution in [-0.2, 0) is 34.3 Å². The van der Waals surface area contributed by atoms with Crippen LogP contribution in [0.5, 0.6) is 0 Å². The van der Waals surface area contributed by atoms with Crippen molar-refractivity contribution in [3.63, 3.8) is 0 Å². The first-order chi connectivity index (χ1) is 19.8. The van der Waals surface area contributed by atoms with Gasteiger partial charge >= 0.3 is 5.97 Å². The number of nitrogens with zero attached hydrogens (tertiary/aromatic N) is 1. The van der Waals surface area contributed by atoms with Crippen molar-refractivity contribution >= 4 is 43.3 Å². The van der Waals surface area contributed by atoms with Gasteiger partial charge in [-0.25, -0.2) is 21.6 Å². The molecule has 0 radical (unpaired) electrons. The molecule has 0 saturated carbocycles. The van der Waals surface area contributed by atoms with E-state index >= 15 is 0 Å². The Hall–Kier alpha value is -3.78. The zero-order chi connectivity index (χ0) is 30.7. The molecule has 4 rings (SSSR count). The number of nitrogens with one attached hydrogen (secondary N) is 2. The van der Waals surface area contributed by atoms with E-state index in [9.17, 15) is 26.4 Å². The van der Waals surface area contributed by atoms with E-state index in [2.05, 4.69) is 10.0 Å². The van der Waals surface area contributed by atoms with E-state index in [1.165, 1.54) is 41.6 Å². The Kier molecular flexibility index (Phi) is 9.36. The van der Waals surface area contributed by atoms with Gasteiger partial charge < -0.3 is 14.8 Å². The summed E-state index contributed by atoms with van der Waals surface area (Å²) >= 11 is 0. The van der Waals surface area contributed by atoms with Crippen molar-refractivity contribution < 1.29 is 35.9 Å². The number of ether oxygens (including phenoxy) is 2. The number of esters is 1. The number of hydrogen-bond donors (Lipinski definition) is 2. The third-order valence-electron chi connectivity index (χ3n) is 6.70. The molecule has 0 bridgehead atoms. The molecule has 42 heavy (non-hydrogen) atoms. The highest BCUT2D eigenvalue weighted by Crippen LogP contribution is 2.25.